The van der Waals surface area contributed by atoms with Gasteiger partial charge >= 0.3 is 0 Å². The van der Waals surface area contributed by atoms with Gasteiger partial charge in [0.25, 0.3) is 0 Å². The third-order valence-electron chi connectivity index (χ3n) is 1.24. The van der Waals surface area contributed by atoms with Crippen molar-refractivity contribution in [3.8, 4) is 0 Å². The summed E-state index contributed by atoms with van der Waals surface area (Å²) in [6, 6.07) is 7.39. The molecule has 0 amide bonds. The van der Waals surface area contributed by atoms with Crippen LogP contribution in [0.2, 0.25) is 0 Å². The number of aromatic nitrogens is 2. The molecule has 0 atom stereocenters. The van der Waals surface area contributed by atoms with Crippen LogP contribution in [0.5, 0.6) is 0 Å². The molecule has 0 aromatic carbocycles. The molecule has 0 aliphatic rings. The van der Waals surface area contributed by atoms with Crippen molar-refractivity contribution in [1.82, 2.24) is 9.97 Å². The highest BCUT2D eigenvalue weighted by Crippen LogP contribution is 1.85. The van der Waals surface area contributed by atoms with Gasteiger partial charge in [-0.1, -0.05) is 0 Å². The first-order chi connectivity index (χ1) is 5.93. The predicted octanol–water partition coefficient (Wildman–Crippen LogP) is 1.84. The topological polar surface area (TPSA) is 48.6 Å². The van der Waals surface area contributed by atoms with Crippen LogP contribution in [0.3, 0.4) is 0 Å². The minimum absolute atomic E-state index is 0.625. The van der Waals surface area contributed by atoms with Crippen LogP contribution in [-0.2, 0) is 0 Å². The Morgan fingerprint density at radius 1 is 1.08 bits per heavy atom. The molecule has 0 spiro atoms. The van der Waals surface area contributed by atoms with E-state index in [1.54, 1.807) is 18.3 Å². The van der Waals surface area contributed by atoms with Crippen LogP contribution in [-0.4, -0.2) is 16.3 Å². The van der Waals surface area contributed by atoms with E-state index in [1.807, 2.05) is 24.5 Å². The fraction of sp³-hybridized carbons (Fsp3) is 0. The summed E-state index contributed by atoms with van der Waals surface area (Å²) in [4.78, 5) is 15.4. The minimum Gasteiger partial charge on any atom is -0.368 e. The van der Waals surface area contributed by atoms with Gasteiger partial charge in [0, 0.05) is 18.6 Å². The summed E-state index contributed by atoms with van der Waals surface area (Å²) < 4.78 is 0. The highest BCUT2D eigenvalue weighted by molar-refractivity contribution is 5.71. The van der Waals surface area contributed by atoms with Crippen molar-refractivity contribution in [1.29, 1.82) is 0 Å². The van der Waals surface area contributed by atoms with Gasteiger partial charge in [-0.15, -0.1) is 0 Å². The molecule has 0 aliphatic heterocycles. The molecular formula is C9H10N2O. The van der Waals surface area contributed by atoms with Crippen molar-refractivity contribution in [2.45, 2.75) is 0 Å². The van der Waals surface area contributed by atoms with Crippen molar-refractivity contribution < 1.29 is 4.79 Å². The summed E-state index contributed by atoms with van der Waals surface area (Å²) in [5.41, 5.74) is 0.625. The van der Waals surface area contributed by atoms with Gasteiger partial charge in [0.1, 0.15) is 0 Å². The molecule has 0 saturated carbocycles. The lowest BCUT2D eigenvalue weighted by Gasteiger charge is -1.70. The van der Waals surface area contributed by atoms with Crippen LogP contribution in [0.25, 0.3) is 0 Å². The molecule has 2 aromatic heterocycles. The Bertz CT molecular complexity index is 267. The third-order valence-corrected chi connectivity index (χ3v) is 1.24. The number of hydrogen-bond acceptors (Lipinski definition) is 1. The quantitative estimate of drug-likeness (QED) is 0.617. The molecule has 0 bridgehead atoms. The fourth-order valence-electron chi connectivity index (χ4n) is 0.695. The number of aromatic amines is 2. The number of nitrogens with one attached hydrogen (secondary N) is 2. The van der Waals surface area contributed by atoms with Gasteiger partial charge in [0.2, 0.25) is 0 Å². The fourth-order valence-corrected chi connectivity index (χ4v) is 0.695. The molecule has 3 nitrogen and oxygen atoms in total. The summed E-state index contributed by atoms with van der Waals surface area (Å²) in [6.45, 7) is 0. The summed E-state index contributed by atoms with van der Waals surface area (Å²) >= 11 is 0. The molecule has 2 aromatic rings. The van der Waals surface area contributed by atoms with Gasteiger partial charge in [0.15, 0.2) is 6.29 Å². The number of carbonyl (C=O) groups is 1. The third kappa shape index (κ3) is 2.88. The number of hydrogen-bond donors (Lipinski definition) is 2. The molecule has 0 aliphatic carbocycles. The Kier molecular flexibility index (Phi) is 3.44. The average molecular weight is 162 g/mol. The van der Waals surface area contributed by atoms with E-state index in [1.165, 1.54) is 0 Å². The lowest BCUT2D eigenvalue weighted by Crippen LogP contribution is -1.72. The van der Waals surface area contributed by atoms with Crippen LogP contribution in [0.4, 0.5) is 0 Å². The summed E-state index contributed by atoms with van der Waals surface area (Å²) in [7, 11) is 0. The van der Waals surface area contributed by atoms with Crippen LogP contribution in [0.15, 0.2) is 42.9 Å². The van der Waals surface area contributed by atoms with Crippen molar-refractivity contribution in [2.75, 3.05) is 0 Å². The zero-order chi connectivity index (χ0) is 8.65. The van der Waals surface area contributed by atoms with Crippen LogP contribution in [0, 0.1) is 0 Å². The average Bonchev–Trinajstić information content (AvgIpc) is 2.81. The normalized spacial score (nSPS) is 8.33. The molecule has 0 radical (unpaired) electrons. The van der Waals surface area contributed by atoms with Gasteiger partial charge in [-0.2, -0.15) is 0 Å². The molecule has 62 valence electrons. The number of aldehydes is 1. The van der Waals surface area contributed by atoms with E-state index >= 15 is 0 Å². The molecule has 12 heavy (non-hydrogen) atoms. The van der Waals surface area contributed by atoms with E-state index in [0.29, 0.717) is 5.69 Å². The second-order valence-electron chi connectivity index (χ2n) is 2.13. The molecule has 2 heterocycles. The highest BCUT2D eigenvalue weighted by atomic mass is 16.1. The second kappa shape index (κ2) is 4.96. The zero-order valence-electron chi connectivity index (χ0n) is 6.53. The van der Waals surface area contributed by atoms with E-state index in [9.17, 15) is 4.79 Å². The smallest absolute Gasteiger partial charge is 0.166 e. The van der Waals surface area contributed by atoms with Gasteiger partial charge in [0.05, 0.1) is 5.69 Å². The van der Waals surface area contributed by atoms with Gasteiger partial charge < -0.3 is 9.97 Å². The van der Waals surface area contributed by atoms with Gasteiger partial charge in [-0.25, -0.2) is 0 Å². The molecule has 2 rings (SSSR count). The molecular weight excluding hydrogens is 152 g/mol. The number of rotatable bonds is 1. The maximum Gasteiger partial charge on any atom is 0.166 e. The predicted molar refractivity (Wildman–Crippen MR) is 47.0 cm³/mol. The molecule has 0 fully saturated rings. The summed E-state index contributed by atoms with van der Waals surface area (Å²) in [5, 5.41) is 0. The van der Waals surface area contributed by atoms with Crippen molar-refractivity contribution in [2.24, 2.45) is 0 Å². The number of carbonyl (C=O) groups excluding carboxylic acids is 1. The van der Waals surface area contributed by atoms with Crippen molar-refractivity contribution >= 4 is 6.29 Å². The largest absolute Gasteiger partial charge is 0.368 e. The van der Waals surface area contributed by atoms with Crippen LogP contribution in [0.1, 0.15) is 10.5 Å². The lowest BCUT2D eigenvalue weighted by molar-refractivity contribution is 0.111. The molecule has 0 unspecified atom stereocenters. The Morgan fingerprint density at radius 3 is 2.08 bits per heavy atom. The Hall–Kier alpha value is -1.77. The monoisotopic (exact) mass is 162 g/mol. The maximum atomic E-state index is 9.84. The Morgan fingerprint density at radius 2 is 1.83 bits per heavy atom. The van der Waals surface area contributed by atoms with E-state index < -0.39 is 0 Å². The first kappa shape index (κ1) is 8.33. The molecule has 0 saturated heterocycles. The first-order valence-corrected chi connectivity index (χ1v) is 3.60. The van der Waals surface area contributed by atoms with Gasteiger partial charge in [-0.05, 0) is 24.3 Å². The van der Waals surface area contributed by atoms with Crippen LogP contribution < -0.4 is 0 Å². The first-order valence-electron chi connectivity index (χ1n) is 3.60. The second-order valence-corrected chi connectivity index (χ2v) is 2.13. The van der Waals surface area contributed by atoms with E-state index in [-0.39, 0.29) is 0 Å². The lowest BCUT2D eigenvalue weighted by atomic mass is 10.5. The van der Waals surface area contributed by atoms with E-state index in [0.717, 1.165) is 6.29 Å². The van der Waals surface area contributed by atoms with Crippen LogP contribution >= 0.6 is 0 Å². The van der Waals surface area contributed by atoms with E-state index in [4.69, 9.17) is 0 Å². The zero-order valence-corrected chi connectivity index (χ0v) is 6.53. The number of H-pyrrole nitrogens is 2. The Labute approximate surface area is 70.4 Å². The SMILES string of the molecule is O=Cc1ccc[nH]1.c1cc[nH]c1. The van der Waals surface area contributed by atoms with Gasteiger partial charge in [-0.3, -0.25) is 4.79 Å². The molecule has 2 N–H and O–H groups in total. The Balaban J connectivity index is 0.000000127. The molecule has 3 heteroatoms. The summed E-state index contributed by atoms with van der Waals surface area (Å²) in [5.74, 6) is 0. The van der Waals surface area contributed by atoms with E-state index in [2.05, 4.69) is 9.97 Å². The maximum absolute atomic E-state index is 9.84. The standard InChI is InChI=1S/C5H5NO.C4H5N/c7-4-5-2-1-3-6-5;1-2-4-5-3-1/h1-4,6H;1-5H. The minimum atomic E-state index is 0.625. The summed E-state index contributed by atoms with van der Waals surface area (Å²) in [6.07, 6.45) is 6.24. The van der Waals surface area contributed by atoms with Crippen molar-refractivity contribution in [3.05, 3.63) is 48.5 Å². The van der Waals surface area contributed by atoms with Crippen molar-refractivity contribution in [3.63, 3.8) is 0 Å². The highest BCUT2D eigenvalue weighted by Gasteiger charge is 1.81.